The molecule has 0 aliphatic carbocycles. The van der Waals surface area contributed by atoms with Crippen LogP contribution < -0.4 is 16.4 Å². The Bertz CT molecular complexity index is 1250. The molecule has 0 fully saturated rings. The lowest BCUT2D eigenvalue weighted by atomic mass is 9.95. The summed E-state index contributed by atoms with van der Waals surface area (Å²) in [6.45, 7) is 16.9. The number of para-hydroxylation sites is 1. The Balaban J connectivity index is 2.68. The third-order valence-electron chi connectivity index (χ3n) is 6.90. The summed E-state index contributed by atoms with van der Waals surface area (Å²) < 4.78 is 5.38. The number of nitrogens with one attached hydrogen (secondary N) is 2. The van der Waals surface area contributed by atoms with Gasteiger partial charge in [0.1, 0.15) is 17.7 Å². The summed E-state index contributed by atoms with van der Waals surface area (Å²) >= 11 is 0. The van der Waals surface area contributed by atoms with Crippen LogP contribution in [0.25, 0.3) is 0 Å². The second kappa shape index (κ2) is 14.8. The van der Waals surface area contributed by atoms with E-state index < -0.39 is 54.0 Å². The summed E-state index contributed by atoms with van der Waals surface area (Å²) in [6.07, 6.45) is 0.0797. The van der Waals surface area contributed by atoms with Crippen molar-refractivity contribution in [1.29, 1.82) is 0 Å². The van der Waals surface area contributed by atoms with Crippen molar-refractivity contribution in [3.8, 4) is 0 Å². The molecule has 2 rings (SSSR count). The molecular formula is C33H48N4O5. The van der Waals surface area contributed by atoms with Crippen LogP contribution in [-0.2, 0) is 19.1 Å². The number of hydrogen-bond donors (Lipinski definition) is 3. The van der Waals surface area contributed by atoms with E-state index in [9.17, 15) is 19.2 Å². The Kier molecular flexibility index (Phi) is 12.1. The van der Waals surface area contributed by atoms with Gasteiger partial charge in [0.25, 0.3) is 5.91 Å². The van der Waals surface area contributed by atoms with Crippen molar-refractivity contribution in [2.24, 2.45) is 11.7 Å². The SMILES string of the molecule is Cc1cccc(C(C(=O)Nc2c(C)cccc2C)N(C(=O)C(CC(N)=O)NC(=O)OC(C)(C)C)C(C)CCC(C)C)c1. The first-order valence-electron chi connectivity index (χ1n) is 14.5. The van der Waals surface area contributed by atoms with E-state index in [-0.39, 0.29) is 0 Å². The second-order valence-electron chi connectivity index (χ2n) is 12.5. The Morgan fingerprint density at radius 3 is 2.05 bits per heavy atom. The van der Waals surface area contributed by atoms with Crippen molar-refractivity contribution in [3.63, 3.8) is 0 Å². The fraction of sp³-hybridized carbons (Fsp3) is 0.515. The minimum Gasteiger partial charge on any atom is -0.444 e. The number of aryl methyl sites for hydroxylation is 3. The Hall–Kier alpha value is -3.88. The van der Waals surface area contributed by atoms with E-state index in [1.54, 1.807) is 20.8 Å². The van der Waals surface area contributed by atoms with Gasteiger partial charge < -0.3 is 26.0 Å². The first-order valence-corrected chi connectivity index (χ1v) is 14.5. The average molecular weight is 581 g/mol. The van der Waals surface area contributed by atoms with Crippen molar-refractivity contribution in [1.82, 2.24) is 10.2 Å². The molecule has 0 bridgehead atoms. The summed E-state index contributed by atoms with van der Waals surface area (Å²) in [6, 6.07) is 10.3. The zero-order valence-corrected chi connectivity index (χ0v) is 26.5. The number of nitrogens with two attached hydrogens (primary N) is 1. The predicted molar refractivity (Wildman–Crippen MR) is 166 cm³/mol. The van der Waals surface area contributed by atoms with Crippen LogP contribution in [0.5, 0.6) is 0 Å². The zero-order valence-electron chi connectivity index (χ0n) is 26.5. The number of carbonyl (C=O) groups is 4. The van der Waals surface area contributed by atoms with E-state index in [0.29, 0.717) is 23.6 Å². The van der Waals surface area contributed by atoms with Crippen LogP contribution in [0.1, 0.15) is 89.1 Å². The highest BCUT2D eigenvalue weighted by molar-refractivity contribution is 6.00. The number of nitrogens with zero attached hydrogens (tertiary/aromatic N) is 1. The van der Waals surface area contributed by atoms with E-state index in [1.165, 1.54) is 4.90 Å². The molecule has 4 N–H and O–H groups in total. The molecule has 9 nitrogen and oxygen atoms in total. The molecule has 0 aromatic heterocycles. The Morgan fingerprint density at radius 1 is 0.929 bits per heavy atom. The van der Waals surface area contributed by atoms with Gasteiger partial charge in [0.15, 0.2) is 0 Å². The summed E-state index contributed by atoms with van der Waals surface area (Å²) in [5, 5.41) is 5.61. The number of rotatable bonds is 12. The molecule has 2 aromatic carbocycles. The van der Waals surface area contributed by atoms with E-state index >= 15 is 0 Å². The number of carbonyl (C=O) groups excluding carboxylic acids is 4. The van der Waals surface area contributed by atoms with Crippen LogP contribution in [0.15, 0.2) is 42.5 Å². The highest BCUT2D eigenvalue weighted by Gasteiger charge is 2.39. The summed E-state index contributed by atoms with van der Waals surface area (Å²) in [5.41, 5.74) is 8.67. The van der Waals surface area contributed by atoms with Gasteiger partial charge in [0.05, 0.1) is 6.42 Å². The minimum atomic E-state index is -1.33. The molecule has 0 radical (unpaired) electrons. The molecule has 0 heterocycles. The maximum atomic E-state index is 14.4. The summed E-state index contributed by atoms with van der Waals surface area (Å²) in [5.74, 6) is -1.42. The van der Waals surface area contributed by atoms with Crippen molar-refractivity contribution in [3.05, 3.63) is 64.7 Å². The van der Waals surface area contributed by atoms with Crippen molar-refractivity contribution >= 4 is 29.5 Å². The molecule has 9 heteroatoms. The van der Waals surface area contributed by atoms with Crippen LogP contribution in [0.4, 0.5) is 10.5 Å². The first-order chi connectivity index (χ1) is 19.5. The summed E-state index contributed by atoms with van der Waals surface area (Å²) in [7, 11) is 0. The number of benzene rings is 2. The van der Waals surface area contributed by atoms with Gasteiger partial charge in [-0.15, -0.1) is 0 Å². The standard InChI is InChI=1S/C33H48N4O5/c1-20(2)16-17-24(6)37(31(40)26(19-27(34)38)35-32(41)42-33(7,8)9)29(25-15-10-12-21(3)18-25)30(39)36-28-22(4)13-11-14-23(28)5/h10-15,18,20,24,26,29H,16-17,19H2,1-9H3,(H2,34,38)(H,35,41)(H,36,39). The van der Waals surface area contributed by atoms with Crippen LogP contribution in [-0.4, -0.2) is 46.4 Å². The lowest BCUT2D eigenvalue weighted by molar-refractivity contribution is -0.144. The number of hydrogen-bond acceptors (Lipinski definition) is 5. The highest BCUT2D eigenvalue weighted by atomic mass is 16.6. The quantitative estimate of drug-likeness (QED) is 0.296. The molecule has 3 unspecified atom stereocenters. The van der Waals surface area contributed by atoms with Gasteiger partial charge in [-0.3, -0.25) is 14.4 Å². The molecule has 0 aliphatic rings. The molecule has 3 atom stereocenters. The van der Waals surface area contributed by atoms with Crippen LogP contribution in [0.3, 0.4) is 0 Å². The van der Waals surface area contributed by atoms with Gasteiger partial charge in [-0.1, -0.05) is 61.9 Å². The average Bonchev–Trinajstić information content (AvgIpc) is 2.85. The van der Waals surface area contributed by atoms with Crippen LogP contribution in [0, 0.1) is 26.7 Å². The van der Waals surface area contributed by atoms with Gasteiger partial charge >= 0.3 is 6.09 Å². The molecule has 0 saturated heterocycles. The maximum absolute atomic E-state index is 14.4. The zero-order chi connectivity index (χ0) is 31.8. The lowest BCUT2D eigenvalue weighted by Crippen LogP contribution is -2.56. The van der Waals surface area contributed by atoms with Gasteiger partial charge in [0.2, 0.25) is 11.8 Å². The molecular weight excluding hydrogens is 532 g/mol. The molecule has 0 spiro atoms. The van der Waals surface area contributed by atoms with Gasteiger partial charge in [-0.25, -0.2) is 4.79 Å². The molecule has 0 aliphatic heterocycles. The number of anilines is 1. The number of primary amides is 1. The molecule has 4 amide bonds. The van der Waals surface area contributed by atoms with Crippen molar-refractivity contribution < 1.29 is 23.9 Å². The lowest BCUT2D eigenvalue weighted by Gasteiger charge is -2.39. The third kappa shape index (κ3) is 10.2. The van der Waals surface area contributed by atoms with Gasteiger partial charge in [-0.05, 0) is 83.9 Å². The first kappa shape index (κ1) is 34.3. The Morgan fingerprint density at radius 2 is 1.52 bits per heavy atom. The van der Waals surface area contributed by atoms with Gasteiger partial charge in [-0.2, -0.15) is 0 Å². The fourth-order valence-electron chi connectivity index (χ4n) is 4.83. The number of amides is 4. The topological polar surface area (TPSA) is 131 Å². The third-order valence-corrected chi connectivity index (χ3v) is 6.90. The van der Waals surface area contributed by atoms with E-state index in [0.717, 1.165) is 23.1 Å². The predicted octanol–water partition coefficient (Wildman–Crippen LogP) is 5.71. The molecule has 42 heavy (non-hydrogen) atoms. The monoisotopic (exact) mass is 580 g/mol. The molecule has 0 saturated carbocycles. The molecule has 230 valence electrons. The van der Waals surface area contributed by atoms with E-state index in [2.05, 4.69) is 24.5 Å². The van der Waals surface area contributed by atoms with E-state index in [4.69, 9.17) is 10.5 Å². The second-order valence-corrected chi connectivity index (χ2v) is 12.5. The normalized spacial score (nSPS) is 13.6. The fourth-order valence-corrected chi connectivity index (χ4v) is 4.83. The largest absolute Gasteiger partial charge is 0.444 e. The van der Waals surface area contributed by atoms with Crippen molar-refractivity contribution in [2.75, 3.05) is 5.32 Å². The van der Waals surface area contributed by atoms with E-state index in [1.807, 2.05) is 70.2 Å². The Labute approximate surface area is 250 Å². The maximum Gasteiger partial charge on any atom is 0.408 e. The van der Waals surface area contributed by atoms with Crippen molar-refractivity contribution in [2.45, 2.75) is 105 Å². The molecule has 2 aromatic rings. The number of alkyl carbamates (subject to hydrolysis) is 1. The van der Waals surface area contributed by atoms with Crippen LogP contribution in [0.2, 0.25) is 0 Å². The van der Waals surface area contributed by atoms with Gasteiger partial charge in [0, 0.05) is 11.7 Å². The highest BCUT2D eigenvalue weighted by Crippen LogP contribution is 2.31. The minimum absolute atomic E-state index is 0.353. The number of ether oxygens (including phenoxy) is 1. The smallest absolute Gasteiger partial charge is 0.408 e. The summed E-state index contributed by atoms with van der Waals surface area (Å²) in [4.78, 5) is 55.0. The van der Waals surface area contributed by atoms with Crippen LogP contribution >= 0.6 is 0 Å².